The van der Waals surface area contributed by atoms with Crippen molar-refractivity contribution >= 4 is 24.0 Å². The second-order valence-corrected chi connectivity index (χ2v) is 7.95. The van der Waals surface area contributed by atoms with E-state index in [1.807, 2.05) is 0 Å². The normalized spacial score (nSPS) is 10.5. The molecule has 3 aromatic rings. The van der Waals surface area contributed by atoms with E-state index in [1.54, 1.807) is 67.6 Å². The molecule has 0 aromatic heterocycles. The smallest absolute Gasteiger partial charge is 0.338 e. The average Bonchev–Trinajstić information content (AvgIpc) is 2.89. The van der Waals surface area contributed by atoms with Crippen molar-refractivity contribution in [2.45, 2.75) is 13.3 Å². The van der Waals surface area contributed by atoms with Gasteiger partial charge in [-0.25, -0.2) is 18.8 Å². The van der Waals surface area contributed by atoms with Crippen LogP contribution in [0.4, 0.5) is 4.39 Å². The van der Waals surface area contributed by atoms with E-state index in [4.69, 9.17) is 14.2 Å². The molecule has 0 saturated carbocycles. The molecule has 0 amide bonds. The number of ether oxygens (including phenoxy) is 3. The summed E-state index contributed by atoms with van der Waals surface area (Å²) < 4.78 is 30.0. The van der Waals surface area contributed by atoms with Gasteiger partial charge in [-0.15, -0.1) is 0 Å². The first-order chi connectivity index (χ1) is 17.7. The standard InChI is InChI=1S/C30H25FO6/c1-4-28(32)35-18-17-21-5-12-25(13-6-21)36-29(33)16-11-23-7-8-24(19-27(23)31)22-9-14-26(15-10-22)37-30(34)20(2)3/h4-16,19H,1-2,17-18H2,3H3/b16-11+. The monoisotopic (exact) mass is 500 g/mol. The Hall–Kier alpha value is -4.78. The Morgan fingerprint density at radius 1 is 0.865 bits per heavy atom. The molecular weight excluding hydrogens is 475 g/mol. The second kappa shape index (κ2) is 12.8. The summed E-state index contributed by atoms with van der Waals surface area (Å²) in [5, 5.41) is 0. The molecule has 0 unspecified atom stereocenters. The maximum absolute atomic E-state index is 14.7. The summed E-state index contributed by atoms with van der Waals surface area (Å²) in [6, 6.07) is 18.0. The third-order valence-electron chi connectivity index (χ3n) is 5.09. The highest BCUT2D eigenvalue weighted by Crippen LogP contribution is 2.25. The number of esters is 3. The van der Waals surface area contributed by atoms with Gasteiger partial charge in [-0.1, -0.05) is 49.6 Å². The molecule has 0 spiro atoms. The highest BCUT2D eigenvalue weighted by Gasteiger charge is 2.08. The van der Waals surface area contributed by atoms with Crippen molar-refractivity contribution in [2.24, 2.45) is 0 Å². The molecular formula is C30H25FO6. The zero-order valence-electron chi connectivity index (χ0n) is 20.2. The van der Waals surface area contributed by atoms with Crippen LogP contribution >= 0.6 is 0 Å². The Bertz CT molecular complexity index is 1340. The van der Waals surface area contributed by atoms with Crippen molar-refractivity contribution in [1.82, 2.24) is 0 Å². The van der Waals surface area contributed by atoms with Gasteiger partial charge in [0.2, 0.25) is 0 Å². The molecule has 3 rings (SSSR count). The summed E-state index contributed by atoms with van der Waals surface area (Å²) in [4.78, 5) is 34.8. The molecule has 0 radical (unpaired) electrons. The van der Waals surface area contributed by atoms with Gasteiger partial charge in [0.25, 0.3) is 0 Å². The van der Waals surface area contributed by atoms with Gasteiger partial charge < -0.3 is 14.2 Å². The van der Waals surface area contributed by atoms with Crippen LogP contribution in [0.15, 0.2) is 97.6 Å². The largest absolute Gasteiger partial charge is 0.462 e. The molecule has 37 heavy (non-hydrogen) atoms. The Morgan fingerprint density at radius 2 is 1.49 bits per heavy atom. The average molecular weight is 501 g/mol. The Morgan fingerprint density at radius 3 is 2.11 bits per heavy atom. The van der Waals surface area contributed by atoms with Crippen molar-refractivity contribution in [3.8, 4) is 22.6 Å². The van der Waals surface area contributed by atoms with Crippen molar-refractivity contribution < 1.29 is 33.0 Å². The lowest BCUT2D eigenvalue weighted by Gasteiger charge is -2.07. The Balaban J connectivity index is 1.56. The van der Waals surface area contributed by atoms with Crippen molar-refractivity contribution in [3.05, 3.63) is 115 Å². The number of carbonyl (C=O) groups is 3. The highest BCUT2D eigenvalue weighted by atomic mass is 19.1. The first kappa shape index (κ1) is 26.8. The SMILES string of the molecule is C=CC(=O)OCCc1ccc(OC(=O)/C=C/c2ccc(-c3ccc(OC(=O)C(=C)C)cc3)cc2F)cc1. The van der Waals surface area contributed by atoms with E-state index in [0.717, 1.165) is 23.3 Å². The number of hydrogen-bond donors (Lipinski definition) is 0. The van der Waals surface area contributed by atoms with Crippen LogP contribution in [-0.2, 0) is 25.5 Å². The van der Waals surface area contributed by atoms with Gasteiger partial charge >= 0.3 is 17.9 Å². The van der Waals surface area contributed by atoms with Crippen molar-refractivity contribution in [3.63, 3.8) is 0 Å². The lowest BCUT2D eigenvalue weighted by Crippen LogP contribution is -2.07. The fraction of sp³-hybridized carbons (Fsp3) is 0.100. The quantitative estimate of drug-likeness (QED) is 0.197. The molecule has 3 aromatic carbocycles. The van der Waals surface area contributed by atoms with Crippen LogP contribution in [0.25, 0.3) is 17.2 Å². The molecule has 0 aliphatic rings. The zero-order valence-corrected chi connectivity index (χ0v) is 20.2. The van der Waals surface area contributed by atoms with Crippen LogP contribution in [0.3, 0.4) is 0 Å². The first-order valence-corrected chi connectivity index (χ1v) is 11.3. The number of rotatable bonds is 10. The minimum Gasteiger partial charge on any atom is -0.462 e. The summed E-state index contributed by atoms with van der Waals surface area (Å²) in [5.41, 5.74) is 2.76. The van der Waals surface area contributed by atoms with E-state index in [-0.39, 0.29) is 17.7 Å². The summed E-state index contributed by atoms with van der Waals surface area (Å²) in [6.45, 7) is 8.64. The molecule has 0 heterocycles. The molecule has 188 valence electrons. The van der Waals surface area contributed by atoms with Crippen molar-refractivity contribution in [1.29, 1.82) is 0 Å². The Kier molecular flexibility index (Phi) is 9.27. The van der Waals surface area contributed by atoms with Crippen LogP contribution < -0.4 is 9.47 Å². The van der Waals surface area contributed by atoms with E-state index in [1.165, 1.54) is 12.1 Å². The second-order valence-electron chi connectivity index (χ2n) is 7.95. The van der Waals surface area contributed by atoms with Crippen LogP contribution in [0.2, 0.25) is 0 Å². The molecule has 0 aliphatic carbocycles. The minimum atomic E-state index is -0.656. The molecule has 0 saturated heterocycles. The highest BCUT2D eigenvalue weighted by molar-refractivity contribution is 5.89. The fourth-order valence-corrected chi connectivity index (χ4v) is 3.11. The lowest BCUT2D eigenvalue weighted by atomic mass is 10.0. The van der Waals surface area contributed by atoms with Crippen LogP contribution in [0.5, 0.6) is 11.5 Å². The summed E-state index contributed by atoms with van der Waals surface area (Å²) >= 11 is 0. The molecule has 0 N–H and O–H groups in total. The maximum atomic E-state index is 14.7. The fourth-order valence-electron chi connectivity index (χ4n) is 3.11. The first-order valence-electron chi connectivity index (χ1n) is 11.3. The number of hydrogen-bond acceptors (Lipinski definition) is 6. The van der Waals surface area contributed by atoms with Crippen molar-refractivity contribution in [2.75, 3.05) is 6.61 Å². The summed E-state index contributed by atoms with van der Waals surface area (Å²) in [6.07, 6.45) is 4.09. The molecule has 0 bridgehead atoms. The van der Waals surface area contributed by atoms with E-state index < -0.39 is 23.7 Å². The lowest BCUT2D eigenvalue weighted by molar-refractivity contribution is -0.137. The van der Waals surface area contributed by atoms with Crippen LogP contribution in [-0.4, -0.2) is 24.5 Å². The van der Waals surface area contributed by atoms with Gasteiger partial charge in [-0.3, -0.25) is 0 Å². The van der Waals surface area contributed by atoms with E-state index in [2.05, 4.69) is 13.2 Å². The van der Waals surface area contributed by atoms with Gasteiger partial charge in [0.1, 0.15) is 17.3 Å². The number of benzene rings is 3. The van der Waals surface area contributed by atoms with Crippen LogP contribution in [0, 0.1) is 5.82 Å². The topological polar surface area (TPSA) is 78.9 Å². The maximum Gasteiger partial charge on any atom is 0.338 e. The predicted octanol–water partition coefficient (Wildman–Crippen LogP) is 5.86. The molecule has 7 heteroatoms. The third-order valence-corrected chi connectivity index (χ3v) is 5.09. The van der Waals surface area contributed by atoms with Gasteiger partial charge in [-0.05, 0) is 60.0 Å². The zero-order chi connectivity index (χ0) is 26.8. The number of carbonyl (C=O) groups excluding carboxylic acids is 3. The summed E-state index contributed by atoms with van der Waals surface area (Å²) in [5.74, 6) is -1.49. The summed E-state index contributed by atoms with van der Waals surface area (Å²) in [7, 11) is 0. The van der Waals surface area contributed by atoms with Gasteiger partial charge in [0.05, 0.1) is 6.61 Å². The minimum absolute atomic E-state index is 0.216. The molecule has 0 atom stereocenters. The van der Waals surface area contributed by atoms with E-state index in [9.17, 15) is 18.8 Å². The molecule has 0 fully saturated rings. The molecule has 6 nitrogen and oxygen atoms in total. The predicted molar refractivity (Wildman–Crippen MR) is 138 cm³/mol. The van der Waals surface area contributed by atoms with Gasteiger partial charge in [0, 0.05) is 29.7 Å². The van der Waals surface area contributed by atoms with Gasteiger partial charge in [-0.2, -0.15) is 0 Å². The number of halogens is 1. The van der Waals surface area contributed by atoms with Gasteiger partial charge in [0.15, 0.2) is 0 Å². The van der Waals surface area contributed by atoms with Crippen LogP contribution in [0.1, 0.15) is 18.1 Å². The molecule has 0 aliphatic heterocycles. The Labute approximate surface area is 214 Å². The third kappa shape index (κ3) is 8.14. The van der Waals surface area contributed by atoms with E-state index >= 15 is 0 Å². The van der Waals surface area contributed by atoms with E-state index in [0.29, 0.717) is 23.5 Å².